The predicted octanol–water partition coefficient (Wildman–Crippen LogP) is 3.55. The van der Waals surface area contributed by atoms with Crippen LogP contribution in [0, 0.1) is 0 Å². The highest BCUT2D eigenvalue weighted by Gasteiger charge is 2.28. The van der Waals surface area contributed by atoms with Crippen molar-refractivity contribution in [2.24, 2.45) is 0 Å². The van der Waals surface area contributed by atoms with Gasteiger partial charge in [-0.2, -0.15) is 0 Å². The van der Waals surface area contributed by atoms with Gasteiger partial charge in [0.2, 0.25) is 0 Å². The monoisotopic (exact) mass is 417 g/mol. The summed E-state index contributed by atoms with van der Waals surface area (Å²) in [4.78, 5) is 17.8. The van der Waals surface area contributed by atoms with Gasteiger partial charge in [-0.1, -0.05) is 26.7 Å². The molecule has 2 fully saturated rings. The zero-order valence-electron chi connectivity index (χ0n) is 19.0. The van der Waals surface area contributed by atoms with Crippen LogP contribution in [-0.4, -0.2) is 74.2 Å². The van der Waals surface area contributed by atoms with Crippen molar-refractivity contribution in [2.45, 2.75) is 64.5 Å². The normalized spacial score (nSPS) is 18.7. The molecule has 6 heteroatoms. The lowest BCUT2D eigenvalue weighted by molar-refractivity contribution is 0.0749. The fourth-order valence-corrected chi connectivity index (χ4v) is 4.69. The number of hydrogen-bond acceptors (Lipinski definition) is 5. The van der Waals surface area contributed by atoms with E-state index < -0.39 is 0 Å². The van der Waals surface area contributed by atoms with Crippen molar-refractivity contribution in [3.63, 3.8) is 0 Å². The minimum atomic E-state index is -0.0977. The lowest BCUT2D eigenvalue weighted by Gasteiger charge is -2.36. The Hall–Kier alpha value is -1.79. The van der Waals surface area contributed by atoms with E-state index in [2.05, 4.69) is 29.0 Å². The molecule has 1 saturated heterocycles. The Bertz CT molecular complexity index is 664. The highest BCUT2D eigenvalue weighted by atomic mass is 16.5. The van der Waals surface area contributed by atoms with Crippen LogP contribution < -0.4 is 14.8 Å². The number of hydrogen-bond donors (Lipinski definition) is 1. The number of methoxy groups -OCH3 is 1. The largest absolute Gasteiger partial charge is 0.497 e. The van der Waals surface area contributed by atoms with Crippen molar-refractivity contribution in [1.82, 2.24) is 15.1 Å². The Morgan fingerprint density at radius 2 is 1.83 bits per heavy atom. The van der Waals surface area contributed by atoms with Crippen LogP contribution in [0.1, 0.15) is 62.7 Å². The van der Waals surface area contributed by atoms with Gasteiger partial charge in [0.25, 0.3) is 5.91 Å². The van der Waals surface area contributed by atoms with Crippen LogP contribution in [0.3, 0.4) is 0 Å². The molecule has 1 aromatic rings. The number of ether oxygens (including phenoxy) is 2. The van der Waals surface area contributed by atoms with E-state index in [1.165, 1.54) is 25.7 Å². The summed E-state index contributed by atoms with van der Waals surface area (Å²) in [5.41, 5.74) is 0.562. The van der Waals surface area contributed by atoms with Crippen molar-refractivity contribution >= 4 is 5.91 Å². The third-order valence-electron chi connectivity index (χ3n) is 6.65. The first-order chi connectivity index (χ1) is 14.6. The Balaban J connectivity index is 1.58. The minimum Gasteiger partial charge on any atom is -0.497 e. The van der Waals surface area contributed by atoms with E-state index in [0.29, 0.717) is 23.6 Å². The van der Waals surface area contributed by atoms with Crippen LogP contribution >= 0.6 is 0 Å². The molecule has 1 aromatic carbocycles. The smallest absolute Gasteiger partial charge is 0.255 e. The molecule has 6 nitrogen and oxygen atoms in total. The van der Waals surface area contributed by atoms with Crippen molar-refractivity contribution < 1.29 is 14.3 Å². The van der Waals surface area contributed by atoms with Crippen LogP contribution in [0.25, 0.3) is 0 Å². The molecule has 1 heterocycles. The summed E-state index contributed by atoms with van der Waals surface area (Å²) in [6.07, 6.45) is 7.65. The van der Waals surface area contributed by atoms with E-state index in [1.54, 1.807) is 13.2 Å². The second kappa shape index (κ2) is 11.6. The second-order valence-electron chi connectivity index (χ2n) is 8.44. The summed E-state index contributed by atoms with van der Waals surface area (Å²) in [5, 5.41) is 3.05. The molecule has 0 unspecified atom stereocenters. The number of benzene rings is 1. The van der Waals surface area contributed by atoms with E-state index in [1.807, 2.05) is 12.1 Å². The molecule has 0 atom stereocenters. The first-order valence-electron chi connectivity index (χ1n) is 11.7. The zero-order chi connectivity index (χ0) is 21.3. The first-order valence-corrected chi connectivity index (χ1v) is 11.7. The number of piperidine rings is 1. The van der Waals surface area contributed by atoms with Crippen LogP contribution in [0.15, 0.2) is 18.2 Å². The SMILES string of the molecule is CCN(CC)CCNC(=O)c1cc(OC)ccc1OC1CCN(C2CCCC2)CC1. The number of likely N-dealkylation sites (N-methyl/N-ethyl adjacent to an activating group) is 1. The van der Waals surface area contributed by atoms with E-state index in [-0.39, 0.29) is 12.0 Å². The summed E-state index contributed by atoms with van der Waals surface area (Å²) in [7, 11) is 1.62. The number of nitrogens with zero attached hydrogens (tertiary/aromatic N) is 2. The first kappa shape index (κ1) is 22.9. The third kappa shape index (κ3) is 6.11. The number of carbonyl (C=O) groups excluding carboxylic acids is 1. The van der Waals surface area contributed by atoms with E-state index in [9.17, 15) is 4.79 Å². The van der Waals surface area contributed by atoms with Gasteiger partial charge in [-0.05, 0) is 57.0 Å². The molecule has 0 bridgehead atoms. The molecule has 2 aliphatic rings. The van der Waals surface area contributed by atoms with Gasteiger partial charge < -0.3 is 24.6 Å². The summed E-state index contributed by atoms with van der Waals surface area (Å²) in [6.45, 7) is 9.90. The van der Waals surface area contributed by atoms with Gasteiger partial charge in [0, 0.05) is 32.2 Å². The van der Waals surface area contributed by atoms with Gasteiger partial charge in [-0.15, -0.1) is 0 Å². The summed E-state index contributed by atoms with van der Waals surface area (Å²) in [6, 6.07) is 6.31. The molecule has 1 N–H and O–H groups in total. The highest BCUT2D eigenvalue weighted by molar-refractivity contribution is 5.97. The Morgan fingerprint density at radius 1 is 1.13 bits per heavy atom. The van der Waals surface area contributed by atoms with Crippen molar-refractivity contribution in [3.8, 4) is 11.5 Å². The van der Waals surface area contributed by atoms with Crippen molar-refractivity contribution in [2.75, 3.05) is 46.4 Å². The van der Waals surface area contributed by atoms with E-state index >= 15 is 0 Å². The fourth-order valence-electron chi connectivity index (χ4n) is 4.69. The molecule has 0 spiro atoms. The maximum Gasteiger partial charge on any atom is 0.255 e. The molecule has 1 aliphatic heterocycles. The van der Waals surface area contributed by atoms with Crippen LogP contribution in [0.2, 0.25) is 0 Å². The number of nitrogens with one attached hydrogen (secondary N) is 1. The second-order valence-corrected chi connectivity index (χ2v) is 8.44. The van der Waals surface area contributed by atoms with Gasteiger partial charge >= 0.3 is 0 Å². The summed E-state index contributed by atoms with van der Waals surface area (Å²) >= 11 is 0. The topological polar surface area (TPSA) is 54.0 Å². The highest BCUT2D eigenvalue weighted by Crippen LogP contribution is 2.30. The fraction of sp³-hybridized carbons (Fsp3) is 0.708. The molecule has 168 valence electrons. The number of amides is 1. The average Bonchev–Trinajstić information content (AvgIpc) is 3.32. The van der Waals surface area contributed by atoms with Gasteiger partial charge in [-0.25, -0.2) is 0 Å². The summed E-state index contributed by atoms with van der Waals surface area (Å²) in [5.74, 6) is 1.24. The number of carbonyl (C=O) groups is 1. The maximum atomic E-state index is 12.9. The number of likely N-dealkylation sites (tertiary alicyclic amines) is 1. The third-order valence-corrected chi connectivity index (χ3v) is 6.65. The summed E-state index contributed by atoms with van der Waals surface area (Å²) < 4.78 is 11.7. The Kier molecular flexibility index (Phi) is 8.82. The van der Waals surface area contributed by atoms with Gasteiger partial charge in [0.05, 0.1) is 12.7 Å². The lowest BCUT2D eigenvalue weighted by atomic mass is 10.0. The van der Waals surface area contributed by atoms with Crippen molar-refractivity contribution in [3.05, 3.63) is 23.8 Å². The van der Waals surface area contributed by atoms with E-state index in [4.69, 9.17) is 9.47 Å². The molecule has 30 heavy (non-hydrogen) atoms. The molecule has 1 amide bonds. The molecule has 0 radical (unpaired) electrons. The molecule has 1 saturated carbocycles. The van der Waals surface area contributed by atoms with Gasteiger partial charge in [-0.3, -0.25) is 4.79 Å². The zero-order valence-corrected chi connectivity index (χ0v) is 19.0. The Labute approximate surface area is 181 Å². The maximum absolute atomic E-state index is 12.9. The molecule has 1 aliphatic carbocycles. The lowest BCUT2D eigenvalue weighted by Crippen LogP contribution is -2.43. The van der Waals surface area contributed by atoms with Gasteiger partial charge in [0.1, 0.15) is 17.6 Å². The number of rotatable bonds is 10. The van der Waals surface area contributed by atoms with E-state index in [0.717, 1.165) is 51.6 Å². The predicted molar refractivity (Wildman–Crippen MR) is 121 cm³/mol. The van der Waals surface area contributed by atoms with Crippen LogP contribution in [0.4, 0.5) is 0 Å². The van der Waals surface area contributed by atoms with Crippen LogP contribution in [0.5, 0.6) is 11.5 Å². The standard InChI is InChI=1S/C24H39N3O3/c1-4-26(5-2)17-14-25-24(28)22-18-21(29-3)10-11-23(22)30-20-12-15-27(16-13-20)19-8-6-7-9-19/h10-11,18-20H,4-9,12-17H2,1-3H3,(H,25,28). The quantitative estimate of drug-likeness (QED) is 0.631. The average molecular weight is 418 g/mol. The molecular formula is C24H39N3O3. The molecular weight excluding hydrogens is 378 g/mol. The Morgan fingerprint density at radius 3 is 2.47 bits per heavy atom. The van der Waals surface area contributed by atoms with Crippen molar-refractivity contribution in [1.29, 1.82) is 0 Å². The molecule has 3 rings (SSSR count). The molecule has 0 aromatic heterocycles. The minimum absolute atomic E-state index is 0.0977. The van der Waals surface area contributed by atoms with Crippen LogP contribution in [-0.2, 0) is 0 Å². The van der Waals surface area contributed by atoms with Gasteiger partial charge in [0.15, 0.2) is 0 Å².